The molecule has 3 N–H and O–H groups in total. The number of aromatic amines is 1. The number of carbonyl (C=O) groups excluding carboxylic acids is 2. The molecule has 0 bridgehead atoms. The van der Waals surface area contributed by atoms with Gasteiger partial charge in [0.05, 0.1) is 10.0 Å². The molecule has 146 valence electrons. The van der Waals surface area contributed by atoms with E-state index in [9.17, 15) is 18.9 Å². The predicted octanol–water partition coefficient (Wildman–Crippen LogP) is 3.20. The summed E-state index contributed by atoms with van der Waals surface area (Å²) in [5.74, 6) is -1.69. The number of thiophene rings is 1. The normalized spacial score (nSPS) is 15.7. The molecule has 0 aliphatic carbocycles. The molecule has 2 aromatic heterocycles. The molecule has 1 amide bonds. The van der Waals surface area contributed by atoms with Crippen LogP contribution < -0.4 is 10.4 Å². The smallest absolute Gasteiger partial charge is 0.323 e. The molecule has 1 aliphatic heterocycles. The number of fused-ring (bicyclic) bond motifs is 2. The van der Waals surface area contributed by atoms with E-state index in [4.69, 9.17) is 16.7 Å². The number of aldehydes is 1. The maximum absolute atomic E-state index is 12.5. The van der Waals surface area contributed by atoms with Gasteiger partial charge in [-0.15, -0.1) is 21.4 Å². The van der Waals surface area contributed by atoms with Crippen LogP contribution in [0.5, 0.6) is 0 Å². The monoisotopic (exact) mass is 423 g/mol. The molecule has 0 radical (unpaired) electrons. The van der Waals surface area contributed by atoms with E-state index in [1.165, 1.54) is 16.9 Å². The maximum Gasteiger partial charge on any atom is 0.323 e. The fourth-order valence-electron chi connectivity index (χ4n) is 2.92. The molecule has 1 aromatic carbocycles. The third kappa shape index (κ3) is 4.22. The van der Waals surface area contributed by atoms with Gasteiger partial charge in [-0.3, -0.25) is 19.3 Å². The zero-order chi connectivity index (χ0) is 20.3. The van der Waals surface area contributed by atoms with Crippen molar-refractivity contribution in [3.8, 4) is 0 Å². The number of carboxylic acids is 1. The van der Waals surface area contributed by atoms with E-state index in [2.05, 4.69) is 4.98 Å². The van der Waals surface area contributed by atoms with E-state index >= 15 is 0 Å². The zero-order valence-electron chi connectivity index (χ0n) is 14.3. The highest BCUT2D eigenvalue weighted by Crippen LogP contribution is 2.29. The van der Waals surface area contributed by atoms with Crippen molar-refractivity contribution in [1.82, 2.24) is 10.5 Å². The number of nitrogens with zero attached hydrogens (tertiary/aromatic N) is 1. The molecule has 7 nitrogen and oxygen atoms in total. The number of carboxylic acid groups (broad SMARTS) is 1. The van der Waals surface area contributed by atoms with Gasteiger partial charge in [0.25, 0.3) is 0 Å². The lowest BCUT2D eigenvalue weighted by molar-refractivity contribution is -0.137. The Hall–Kier alpha value is -2.75. The summed E-state index contributed by atoms with van der Waals surface area (Å²) in [4.78, 5) is 37.8. The highest BCUT2D eigenvalue weighted by molar-refractivity contribution is 7.22. The number of hydrogen-bond donors (Lipinski definition) is 3. The second-order valence-corrected chi connectivity index (χ2v) is 7.67. The third-order valence-electron chi connectivity index (χ3n) is 4.12. The first-order valence-corrected chi connectivity index (χ1v) is 9.33. The number of benzene rings is 1. The van der Waals surface area contributed by atoms with Crippen LogP contribution in [0.15, 0.2) is 36.4 Å². The van der Waals surface area contributed by atoms with Gasteiger partial charge in [-0.05, 0) is 23.8 Å². The van der Waals surface area contributed by atoms with Crippen molar-refractivity contribution < 1.29 is 24.0 Å². The first kappa shape index (κ1) is 20.0. The third-order valence-corrected chi connectivity index (χ3v) is 5.32. The van der Waals surface area contributed by atoms with Gasteiger partial charge in [0.2, 0.25) is 5.91 Å². The molecule has 1 aliphatic rings. The van der Waals surface area contributed by atoms with Gasteiger partial charge in [-0.1, -0.05) is 29.8 Å². The number of carbonyl (C=O) groups is 3. The van der Waals surface area contributed by atoms with Crippen LogP contribution in [0.3, 0.4) is 0 Å². The second-order valence-electron chi connectivity index (χ2n) is 5.99. The van der Waals surface area contributed by atoms with E-state index in [0.717, 1.165) is 31.3 Å². The van der Waals surface area contributed by atoms with Gasteiger partial charge >= 0.3 is 5.97 Å². The van der Waals surface area contributed by atoms with E-state index in [-0.39, 0.29) is 6.42 Å². The van der Waals surface area contributed by atoms with E-state index in [1.807, 2.05) is 6.07 Å². The minimum absolute atomic E-state index is 0.224. The van der Waals surface area contributed by atoms with Crippen LogP contribution in [-0.4, -0.2) is 40.8 Å². The number of hydrogen-bond acceptors (Lipinski definition) is 5. The Morgan fingerprint density at radius 1 is 1.43 bits per heavy atom. The molecule has 28 heavy (non-hydrogen) atoms. The molecule has 0 spiro atoms. The fraction of sp³-hybridized carbons (Fsp3) is 0.167. The summed E-state index contributed by atoms with van der Waals surface area (Å²) in [7, 11) is 0. The zero-order valence-corrected chi connectivity index (χ0v) is 15.9. The highest BCUT2D eigenvalue weighted by Gasteiger charge is 2.33. The summed E-state index contributed by atoms with van der Waals surface area (Å²) in [5, 5.41) is 9.76. The Balaban J connectivity index is 0.000000176. The fourth-order valence-corrected chi connectivity index (χ4v) is 4.06. The Bertz CT molecular complexity index is 1000. The quantitative estimate of drug-likeness (QED) is 0.441. The average Bonchev–Trinajstić information content (AvgIpc) is 3.21. The molecular weight excluding hydrogens is 409 g/mol. The largest absolute Gasteiger partial charge is 0.480 e. The number of aromatic nitrogens is 1. The summed E-state index contributed by atoms with van der Waals surface area (Å²) in [5.41, 5.74) is 3.30. The first-order chi connectivity index (χ1) is 13.4. The predicted molar refractivity (Wildman–Crippen MR) is 105 cm³/mol. The van der Waals surface area contributed by atoms with Crippen molar-refractivity contribution in [3.05, 3.63) is 52.0 Å². The Kier molecular flexibility index (Phi) is 6.08. The molecule has 3 aromatic rings. The minimum Gasteiger partial charge on any atom is -0.480 e. The average molecular weight is 424 g/mol. The van der Waals surface area contributed by atoms with Crippen molar-refractivity contribution >= 4 is 57.0 Å². The summed E-state index contributed by atoms with van der Waals surface area (Å²) in [6, 6.07) is 9.50. The lowest BCUT2D eigenvalue weighted by Gasteiger charge is -2.31. The molecule has 0 saturated heterocycles. The van der Waals surface area contributed by atoms with Gasteiger partial charge in [-0.25, -0.2) is 0 Å². The van der Waals surface area contributed by atoms with E-state index < -0.39 is 24.5 Å². The Labute approximate surface area is 167 Å². The lowest BCUT2D eigenvalue weighted by atomic mass is 9.98. The van der Waals surface area contributed by atoms with Crippen LogP contribution in [0, 0.1) is 0 Å². The van der Waals surface area contributed by atoms with Crippen LogP contribution in [0.25, 0.3) is 10.2 Å². The Morgan fingerprint density at radius 2 is 2.18 bits per heavy atom. The molecular formula is C18H15ClFN3O4S. The number of halogens is 2. The number of para-hydroxylation sites is 1. The van der Waals surface area contributed by atoms with Crippen molar-refractivity contribution in [3.63, 3.8) is 0 Å². The van der Waals surface area contributed by atoms with E-state index in [1.54, 1.807) is 30.3 Å². The molecule has 0 fully saturated rings. The number of H-pyrrole nitrogens is 1. The minimum atomic E-state index is -1.13. The van der Waals surface area contributed by atoms with Crippen LogP contribution in [0.4, 0.5) is 10.2 Å². The van der Waals surface area contributed by atoms with Crippen LogP contribution in [-0.2, 0) is 16.0 Å². The molecule has 0 saturated carbocycles. The number of anilines is 1. The van der Waals surface area contributed by atoms with Crippen molar-refractivity contribution in [1.29, 1.82) is 0 Å². The van der Waals surface area contributed by atoms with Crippen LogP contribution >= 0.6 is 22.9 Å². The molecule has 4 rings (SSSR count). The van der Waals surface area contributed by atoms with Crippen molar-refractivity contribution in [2.75, 3.05) is 11.4 Å². The van der Waals surface area contributed by atoms with Crippen molar-refractivity contribution in [2.45, 2.75) is 12.5 Å². The second kappa shape index (κ2) is 8.51. The summed E-state index contributed by atoms with van der Waals surface area (Å²) >= 11 is 7.17. The Morgan fingerprint density at radius 3 is 2.82 bits per heavy atom. The van der Waals surface area contributed by atoms with Gasteiger partial charge < -0.3 is 10.1 Å². The van der Waals surface area contributed by atoms with E-state index in [0.29, 0.717) is 11.4 Å². The summed E-state index contributed by atoms with van der Waals surface area (Å²) in [6.07, 6.45) is 1.02. The van der Waals surface area contributed by atoms with Crippen LogP contribution in [0.2, 0.25) is 4.34 Å². The number of amides is 1. The van der Waals surface area contributed by atoms with Gasteiger partial charge in [0.15, 0.2) is 6.29 Å². The molecule has 1 atom stereocenters. The SMILES string of the molecule is O=C(O)CN1C(=O)C(NF)Cc2ccccc21.O=Cc1cc2cc(Cl)sc2[nH]1. The maximum atomic E-state index is 12.5. The van der Waals surface area contributed by atoms with Gasteiger partial charge in [-0.2, -0.15) is 0 Å². The highest BCUT2D eigenvalue weighted by atomic mass is 35.5. The molecule has 1 unspecified atom stereocenters. The molecule has 10 heteroatoms. The number of nitrogens with one attached hydrogen (secondary N) is 2. The number of aliphatic carboxylic acids is 1. The van der Waals surface area contributed by atoms with Crippen LogP contribution in [0.1, 0.15) is 16.1 Å². The van der Waals surface area contributed by atoms with Crippen molar-refractivity contribution in [2.24, 2.45) is 0 Å². The number of rotatable bonds is 4. The lowest BCUT2D eigenvalue weighted by Crippen LogP contribution is -2.50. The molecule has 3 heterocycles. The topological polar surface area (TPSA) is 102 Å². The summed E-state index contributed by atoms with van der Waals surface area (Å²) in [6.45, 7) is -0.464. The standard InChI is InChI=1S/C11H11FN2O3.C7H4ClNOS/c12-13-8-5-7-3-1-2-4-9(7)14(11(8)17)6-10(15)16;8-6-2-4-1-5(3-10)9-7(4)11-6/h1-4,8,13H,5-6H2,(H,15,16);1-3,9H. The van der Waals surface area contributed by atoms with Gasteiger partial charge in [0, 0.05) is 17.5 Å². The first-order valence-electron chi connectivity index (χ1n) is 8.13. The van der Waals surface area contributed by atoms with Gasteiger partial charge in [0.1, 0.15) is 17.4 Å². The summed E-state index contributed by atoms with van der Waals surface area (Å²) < 4.78 is 13.2.